The highest BCUT2D eigenvalue weighted by molar-refractivity contribution is 7.99. The van der Waals surface area contributed by atoms with Crippen molar-refractivity contribution in [3.05, 3.63) is 41.5 Å². The minimum atomic E-state index is -0.0402. The van der Waals surface area contributed by atoms with E-state index in [-0.39, 0.29) is 17.9 Å². The Bertz CT molecular complexity index is 786. The molecule has 2 atom stereocenters. The molecule has 3 heterocycles. The van der Waals surface area contributed by atoms with Gasteiger partial charge in [-0.25, -0.2) is 0 Å². The van der Waals surface area contributed by atoms with Crippen LogP contribution in [0.5, 0.6) is 0 Å². The molecule has 24 heavy (non-hydrogen) atoms. The van der Waals surface area contributed by atoms with E-state index in [1.807, 2.05) is 17.0 Å². The molecule has 1 aromatic heterocycles. The Kier molecular flexibility index (Phi) is 3.40. The SMILES string of the molecule is O=C(C1CSc2ccccc21)N1CCCC1c1noc(C2CC2)n1. The lowest BCUT2D eigenvalue weighted by Gasteiger charge is -2.25. The predicted molar refractivity (Wildman–Crippen MR) is 89.9 cm³/mol. The third-order valence-electron chi connectivity index (χ3n) is 5.22. The fourth-order valence-electron chi connectivity index (χ4n) is 3.74. The second kappa shape index (κ2) is 5.62. The van der Waals surface area contributed by atoms with E-state index in [2.05, 4.69) is 22.3 Å². The first-order valence-corrected chi connectivity index (χ1v) is 9.65. The fraction of sp³-hybridized carbons (Fsp3) is 0.500. The van der Waals surface area contributed by atoms with Crippen LogP contribution in [0.15, 0.2) is 33.7 Å². The zero-order valence-corrected chi connectivity index (χ0v) is 14.2. The molecular weight excluding hydrogens is 322 g/mol. The van der Waals surface area contributed by atoms with Gasteiger partial charge >= 0.3 is 0 Å². The number of nitrogens with zero attached hydrogens (tertiary/aromatic N) is 3. The van der Waals surface area contributed by atoms with Gasteiger partial charge < -0.3 is 9.42 Å². The number of rotatable bonds is 3. The molecule has 124 valence electrons. The van der Waals surface area contributed by atoms with E-state index in [9.17, 15) is 4.79 Å². The Hall–Kier alpha value is -1.82. The van der Waals surface area contributed by atoms with E-state index < -0.39 is 0 Å². The fourth-order valence-corrected chi connectivity index (χ4v) is 4.96. The average molecular weight is 341 g/mol. The monoisotopic (exact) mass is 341 g/mol. The molecule has 0 radical (unpaired) electrons. The van der Waals surface area contributed by atoms with Crippen LogP contribution in [0.1, 0.15) is 60.8 Å². The molecule has 0 bridgehead atoms. The van der Waals surface area contributed by atoms with Crippen molar-refractivity contribution >= 4 is 17.7 Å². The molecule has 2 aliphatic heterocycles. The molecule has 6 heteroatoms. The summed E-state index contributed by atoms with van der Waals surface area (Å²) in [6, 6.07) is 8.23. The molecule has 5 rings (SSSR count). The minimum Gasteiger partial charge on any atom is -0.339 e. The highest BCUT2D eigenvalue weighted by Gasteiger charge is 2.40. The smallest absolute Gasteiger partial charge is 0.231 e. The van der Waals surface area contributed by atoms with E-state index in [0.717, 1.165) is 43.9 Å². The lowest BCUT2D eigenvalue weighted by molar-refractivity contribution is -0.133. The number of thioether (sulfide) groups is 1. The minimum absolute atomic E-state index is 0.0217. The molecule has 1 saturated carbocycles. The first-order chi connectivity index (χ1) is 11.8. The molecule has 0 spiro atoms. The number of benzene rings is 1. The summed E-state index contributed by atoms with van der Waals surface area (Å²) in [6.07, 6.45) is 4.22. The Morgan fingerprint density at radius 3 is 3.00 bits per heavy atom. The summed E-state index contributed by atoms with van der Waals surface area (Å²) in [5, 5.41) is 4.18. The maximum absolute atomic E-state index is 13.2. The normalized spacial score (nSPS) is 25.9. The zero-order valence-electron chi connectivity index (χ0n) is 13.4. The largest absolute Gasteiger partial charge is 0.339 e. The maximum atomic E-state index is 13.2. The van der Waals surface area contributed by atoms with Crippen LogP contribution in [0.2, 0.25) is 0 Å². The van der Waals surface area contributed by atoms with E-state index in [1.165, 1.54) is 10.5 Å². The molecule has 2 aromatic rings. The molecular formula is C18H19N3O2S. The van der Waals surface area contributed by atoms with Crippen molar-refractivity contribution in [3.8, 4) is 0 Å². The quantitative estimate of drug-likeness (QED) is 0.855. The van der Waals surface area contributed by atoms with Crippen LogP contribution in [-0.4, -0.2) is 33.2 Å². The van der Waals surface area contributed by atoms with Gasteiger partial charge in [0.15, 0.2) is 5.82 Å². The molecule has 2 fully saturated rings. The first-order valence-electron chi connectivity index (χ1n) is 8.67. The summed E-state index contributed by atoms with van der Waals surface area (Å²) in [5.41, 5.74) is 1.17. The van der Waals surface area contributed by atoms with Crippen LogP contribution in [0, 0.1) is 0 Å². The van der Waals surface area contributed by atoms with Gasteiger partial charge in [-0.2, -0.15) is 4.98 Å². The maximum Gasteiger partial charge on any atom is 0.231 e. The molecule has 5 nitrogen and oxygen atoms in total. The molecule has 0 N–H and O–H groups in total. The molecule has 1 aliphatic carbocycles. The first kappa shape index (κ1) is 14.5. The Morgan fingerprint density at radius 2 is 2.12 bits per heavy atom. The summed E-state index contributed by atoms with van der Waals surface area (Å²) in [7, 11) is 0. The van der Waals surface area contributed by atoms with Gasteiger partial charge in [0.05, 0.1) is 12.0 Å². The standard InChI is InChI=1S/C18H19N3O2S/c22-18(13-10-24-15-6-2-1-4-12(13)15)21-9-3-5-14(21)16-19-17(23-20-16)11-7-8-11/h1-2,4,6,11,13-14H,3,5,7-10H2. The highest BCUT2D eigenvalue weighted by atomic mass is 32.2. The second-order valence-electron chi connectivity index (χ2n) is 6.86. The van der Waals surface area contributed by atoms with Gasteiger partial charge in [0.1, 0.15) is 0 Å². The van der Waals surface area contributed by atoms with Crippen molar-refractivity contribution in [1.82, 2.24) is 15.0 Å². The van der Waals surface area contributed by atoms with Gasteiger partial charge in [0.2, 0.25) is 11.8 Å². The van der Waals surface area contributed by atoms with Crippen LogP contribution in [0.4, 0.5) is 0 Å². The van der Waals surface area contributed by atoms with Crippen molar-refractivity contribution in [2.75, 3.05) is 12.3 Å². The average Bonchev–Trinajstić information content (AvgIpc) is 3.06. The van der Waals surface area contributed by atoms with Crippen LogP contribution < -0.4 is 0 Å². The van der Waals surface area contributed by atoms with Crippen LogP contribution >= 0.6 is 11.8 Å². The van der Waals surface area contributed by atoms with E-state index in [4.69, 9.17) is 4.52 Å². The second-order valence-corrected chi connectivity index (χ2v) is 7.92. The summed E-state index contributed by atoms with van der Waals surface area (Å²) in [5.74, 6) is 2.91. The zero-order chi connectivity index (χ0) is 16.1. The van der Waals surface area contributed by atoms with Crippen molar-refractivity contribution < 1.29 is 9.32 Å². The number of hydrogen-bond acceptors (Lipinski definition) is 5. The van der Waals surface area contributed by atoms with Gasteiger partial charge in [-0.15, -0.1) is 11.8 Å². The summed E-state index contributed by atoms with van der Waals surface area (Å²) >= 11 is 1.78. The molecule has 2 unspecified atom stereocenters. The van der Waals surface area contributed by atoms with Crippen LogP contribution in [0.3, 0.4) is 0 Å². The number of carbonyl (C=O) groups is 1. The Labute approximate surface area is 144 Å². The number of fused-ring (bicyclic) bond motifs is 1. The van der Waals surface area contributed by atoms with Gasteiger partial charge in [-0.1, -0.05) is 23.4 Å². The van der Waals surface area contributed by atoms with Gasteiger partial charge in [0.25, 0.3) is 0 Å². The van der Waals surface area contributed by atoms with Crippen molar-refractivity contribution in [2.45, 2.75) is 48.5 Å². The number of amides is 1. The number of likely N-dealkylation sites (tertiary alicyclic amines) is 1. The van der Waals surface area contributed by atoms with Crippen molar-refractivity contribution in [2.24, 2.45) is 0 Å². The number of hydrogen-bond donors (Lipinski definition) is 0. The van der Waals surface area contributed by atoms with Crippen molar-refractivity contribution in [1.29, 1.82) is 0 Å². The summed E-state index contributed by atoms with van der Waals surface area (Å²) < 4.78 is 5.41. The van der Waals surface area contributed by atoms with Gasteiger partial charge in [-0.3, -0.25) is 4.79 Å². The third kappa shape index (κ3) is 2.35. The Morgan fingerprint density at radius 1 is 1.25 bits per heavy atom. The number of aromatic nitrogens is 2. The third-order valence-corrected chi connectivity index (χ3v) is 6.40. The van der Waals surface area contributed by atoms with E-state index in [0.29, 0.717) is 11.7 Å². The van der Waals surface area contributed by atoms with Gasteiger partial charge in [-0.05, 0) is 37.3 Å². The van der Waals surface area contributed by atoms with Crippen LogP contribution in [0.25, 0.3) is 0 Å². The molecule has 3 aliphatic rings. The summed E-state index contributed by atoms with van der Waals surface area (Å²) in [6.45, 7) is 0.792. The topological polar surface area (TPSA) is 59.2 Å². The molecule has 1 saturated heterocycles. The molecule has 1 amide bonds. The van der Waals surface area contributed by atoms with Crippen LogP contribution in [-0.2, 0) is 4.79 Å². The predicted octanol–water partition coefficient (Wildman–Crippen LogP) is 3.50. The van der Waals surface area contributed by atoms with E-state index >= 15 is 0 Å². The van der Waals surface area contributed by atoms with Gasteiger partial charge in [0, 0.05) is 23.1 Å². The highest BCUT2D eigenvalue weighted by Crippen LogP contribution is 2.43. The Balaban J connectivity index is 1.40. The summed E-state index contributed by atoms with van der Waals surface area (Å²) in [4.78, 5) is 21.0. The molecule has 1 aromatic carbocycles. The number of carbonyl (C=O) groups excluding carboxylic acids is 1. The lowest BCUT2D eigenvalue weighted by Crippen LogP contribution is -2.35. The van der Waals surface area contributed by atoms with E-state index in [1.54, 1.807) is 11.8 Å². The van der Waals surface area contributed by atoms with Crippen molar-refractivity contribution in [3.63, 3.8) is 0 Å². The lowest BCUT2D eigenvalue weighted by atomic mass is 9.99.